The molecule has 5 N–H and O–H groups in total. The van der Waals surface area contributed by atoms with Crippen LogP contribution < -0.4 is 16.2 Å². The number of hydrogen-bond acceptors (Lipinski definition) is 11. The van der Waals surface area contributed by atoms with Crippen LogP contribution in [0.25, 0.3) is 0 Å². The van der Waals surface area contributed by atoms with E-state index in [-0.39, 0.29) is 42.4 Å². The average molecular weight is 668 g/mol. The zero-order valence-electron chi connectivity index (χ0n) is 26.5. The first kappa shape index (κ1) is 34.8. The Kier molecular flexibility index (Phi) is 11.2. The molecule has 13 nitrogen and oxygen atoms in total. The van der Waals surface area contributed by atoms with Gasteiger partial charge in [-0.3, -0.25) is 24.7 Å². The van der Waals surface area contributed by atoms with Crippen molar-refractivity contribution in [3.8, 4) is 0 Å². The van der Waals surface area contributed by atoms with Crippen molar-refractivity contribution in [2.24, 2.45) is 11.4 Å². The van der Waals surface area contributed by atoms with Gasteiger partial charge < -0.3 is 24.4 Å². The molecule has 0 spiro atoms. The zero-order chi connectivity index (χ0) is 33.7. The molecule has 2 unspecified atom stereocenters. The number of fused-ring (bicyclic) bond motifs is 1. The molecular formula is C33H42N5O8P. The Morgan fingerprint density at radius 1 is 1.02 bits per heavy atom. The van der Waals surface area contributed by atoms with Crippen molar-refractivity contribution < 1.29 is 34.0 Å². The molecule has 0 saturated carbocycles. The number of aliphatic hydroxyl groups is 2. The molecule has 1 saturated heterocycles. The minimum absolute atomic E-state index is 0.0225. The fraction of sp³-hybridized carbons (Fsp3) is 0.455. The van der Waals surface area contributed by atoms with Gasteiger partial charge in [0.15, 0.2) is 11.5 Å². The highest BCUT2D eigenvalue weighted by molar-refractivity contribution is 7.43. The van der Waals surface area contributed by atoms with Gasteiger partial charge >= 0.3 is 5.69 Å². The highest BCUT2D eigenvalue weighted by Gasteiger charge is 2.56. The quantitative estimate of drug-likeness (QED) is 0.106. The normalized spacial score (nSPS) is 23.6. The summed E-state index contributed by atoms with van der Waals surface area (Å²) in [5.41, 5.74) is 4.07. The minimum Gasteiger partial charge on any atom is -0.387 e. The summed E-state index contributed by atoms with van der Waals surface area (Å²) in [4.78, 5) is 54.9. The van der Waals surface area contributed by atoms with Gasteiger partial charge in [0.2, 0.25) is 8.53 Å². The lowest BCUT2D eigenvalue weighted by molar-refractivity contribution is -0.160. The number of nitrogens with zero attached hydrogens (tertiary/aromatic N) is 4. The van der Waals surface area contributed by atoms with Crippen LogP contribution in [0, 0.1) is 5.92 Å². The molecule has 47 heavy (non-hydrogen) atoms. The first-order valence-corrected chi connectivity index (χ1v) is 17.2. The molecule has 1 aromatic heterocycles. The van der Waals surface area contributed by atoms with Gasteiger partial charge in [0.25, 0.3) is 11.8 Å². The van der Waals surface area contributed by atoms with E-state index in [2.05, 4.69) is 11.9 Å². The second-order valence-electron chi connectivity index (χ2n) is 12.1. The third kappa shape index (κ3) is 7.31. The number of unbranched alkanes of at least 4 members (excludes halogenated alkanes) is 3. The van der Waals surface area contributed by atoms with Crippen molar-refractivity contribution >= 4 is 26.2 Å². The number of imide groups is 1. The molecule has 2 amide bonds. The fourth-order valence-electron chi connectivity index (χ4n) is 6.37. The molecule has 252 valence electrons. The second kappa shape index (κ2) is 15.1. The molecule has 0 aliphatic carbocycles. The summed E-state index contributed by atoms with van der Waals surface area (Å²) in [5, 5.41) is 24.8. The topological polar surface area (TPSA) is 181 Å². The van der Waals surface area contributed by atoms with Gasteiger partial charge in [0, 0.05) is 12.6 Å². The Hall–Kier alpha value is -3.55. The van der Waals surface area contributed by atoms with E-state index in [1.165, 1.54) is 17.3 Å². The SMILES string of the molecule is CCCCCCC(C)C[C@@]1(n2ccc(N(Cc3ccccc3)N3C(=O)c4ccccc4C3=O)nc2=O)O[C@H](COP(N)O)[C@@H](O)[C@H]1O. The summed E-state index contributed by atoms with van der Waals surface area (Å²) in [6.45, 7) is 3.85. The van der Waals surface area contributed by atoms with Crippen LogP contribution in [0.4, 0.5) is 5.82 Å². The van der Waals surface area contributed by atoms with Gasteiger partial charge in [-0.15, -0.1) is 0 Å². The highest BCUT2D eigenvalue weighted by Crippen LogP contribution is 2.42. The lowest BCUT2D eigenvalue weighted by Crippen LogP contribution is -2.52. The molecule has 0 bridgehead atoms. The lowest BCUT2D eigenvalue weighted by Gasteiger charge is -2.37. The lowest BCUT2D eigenvalue weighted by atomic mass is 9.89. The number of hydrazine groups is 1. The zero-order valence-corrected chi connectivity index (χ0v) is 27.4. The van der Waals surface area contributed by atoms with Crippen molar-refractivity contribution in [1.29, 1.82) is 0 Å². The predicted octanol–water partition coefficient (Wildman–Crippen LogP) is 3.43. The van der Waals surface area contributed by atoms with E-state index >= 15 is 0 Å². The number of hydrogen-bond donors (Lipinski definition) is 4. The van der Waals surface area contributed by atoms with Crippen LogP contribution in [0.1, 0.15) is 78.7 Å². The van der Waals surface area contributed by atoms with Crippen LogP contribution in [0.15, 0.2) is 71.7 Å². The van der Waals surface area contributed by atoms with Crippen LogP contribution in [0.2, 0.25) is 0 Å². The van der Waals surface area contributed by atoms with E-state index in [1.807, 2.05) is 37.3 Å². The third-order valence-corrected chi connectivity index (χ3v) is 9.15. The molecule has 6 atom stereocenters. The van der Waals surface area contributed by atoms with Crippen molar-refractivity contribution in [2.45, 2.75) is 83.0 Å². The fourth-order valence-corrected chi connectivity index (χ4v) is 6.67. The molecule has 5 rings (SSSR count). The number of carbonyl (C=O) groups is 2. The monoisotopic (exact) mass is 667 g/mol. The van der Waals surface area contributed by atoms with Crippen molar-refractivity contribution in [3.05, 3.63) is 94.0 Å². The predicted molar refractivity (Wildman–Crippen MR) is 175 cm³/mol. The van der Waals surface area contributed by atoms with E-state index in [4.69, 9.17) is 14.8 Å². The van der Waals surface area contributed by atoms with Gasteiger partial charge in [-0.25, -0.2) is 4.79 Å². The maximum Gasteiger partial charge on any atom is 0.352 e. The number of ether oxygens (including phenoxy) is 1. The molecule has 1 fully saturated rings. The molecule has 2 aromatic carbocycles. The summed E-state index contributed by atoms with van der Waals surface area (Å²) in [5.74, 6) is -1.11. The largest absolute Gasteiger partial charge is 0.387 e. The number of aliphatic hydroxyl groups excluding tert-OH is 2. The number of benzene rings is 2. The maximum atomic E-state index is 14.0. The Bertz CT molecular complexity index is 1570. The second-order valence-corrected chi connectivity index (χ2v) is 13.0. The molecular weight excluding hydrogens is 625 g/mol. The standard InChI is InChI=1S/C33H42N5O8P/c1-3-4-5-7-12-22(2)19-33(29(40)28(39)26(46-33)21-45-47(34)44)36-18-17-27(35-32(36)43)37(20-23-13-8-6-9-14-23)38-30(41)24-15-10-11-16-25(24)31(38)42/h6,8-11,13-18,22,26,28-29,39-40,44H,3-5,7,12,19-21,34H2,1-2H3/t22?,26-,28-,29-,33-,47?/m1/s1. The Morgan fingerprint density at radius 3 is 2.30 bits per heavy atom. The number of amides is 2. The molecule has 3 aromatic rings. The van der Waals surface area contributed by atoms with Crippen LogP contribution in [0.3, 0.4) is 0 Å². The summed E-state index contributed by atoms with van der Waals surface area (Å²) >= 11 is 0. The third-order valence-electron chi connectivity index (χ3n) is 8.73. The summed E-state index contributed by atoms with van der Waals surface area (Å²) in [6, 6.07) is 17.1. The van der Waals surface area contributed by atoms with Crippen LogP contribution in [-0.2, 0) is 21.5 Å². The number of carbonyl (C=O) groups excluding carboxylic acids is 2. The number of aromatic nitrogens is 2. The average Bonchev–Trinajstić information content (AvgIpc) is 3.45. The van der Waals surface area contributed by atoms with Gasteiger partial charge in [-0.2, -0.15) is 9.99 Å². The molecule has 2 aliphatic rings. The van der Waals surface area contributed by atoms with E-state index in [1.54, 1.807) is 24.3 Å². The van der Waals surface area contributed by atoms with Crippen LogP contribution in [0.5, 0.6) is 0 Å². The van der Waals surface area contributed by atoms with Gasteiger partial charge in [0.05, 0.1) is 24.3 Å². The number of rotatable bonds is 15. The maximum absolute atomic E-state index is 14.0. The number of anilines is 1. The number of nitrogens with two attached hydrogens (primary N) is 1. The van der Waals surface area contributed by atoms with Gasteiger partial charge in [0.1, 0.15) is 18.3 Å². The Balaban J connectivity index is 1.52. The van der Waals surface area contributed by atoms with Crippen molar-refractivity contribution in [2.75, 3.05) is 11.6 Å². The first-order valence-electron chi connectivity index (χ1n) is 15.9. The van der Waals surface area contributed by atoms with Gasteiger partial charge in [-0.1, -0.05) is 88.4 Å². The minimum atomic E-state index is -2.25. The van der Waals surface area contributed by atoms with E-state index in [9.17, 15) is 29.5 Å². The van der Waals surface area contributed by atoms with Crippen LogP contribution >= 0.6 is 8.53 Å². The first-order chi connectivity index (χ1) is 22.6. The Morgan fingerprint density at radius 2 is 1.68 bits per heavy atom. The van der Waals surface area contributed by atoms with Crippen LogP contribution in [-0.4, -0.2) is 66.4 Å². The molecule has 14 heteroatoms. The Labute approximate surface area is 274 Å². The van der Waals surface area contributed by atoms with E-state index in [0.29, 0.717) is 0 Å². The van der Waals surface area contributed by atoms with Crippen molar-refractivity contribution in [3.63, 3.8) is 0 Å². The summed E-state index contributed by atoms with van der Waals surface area (Å²) in [7, 11) is -2.25. The smallest absolute Gasteiger partial charge is 0.352 e. The van der Waals surface area contributed by atoms with Crippen molar-refractivity contribution in [1.82, 2.24) is 14.6 Å². The van der Waals surface area contributed by atoms with Gasteiger partial charge in [-0.05, 0) is 29.7 Å². The summed E-state index contributed by atoms with van der Waals surface area (Å²) in [6.07, 6.45) is 2.40. The highest BCUT2D eigenvalue weighted by atomic mass is 31.2. The van der Waals surface area contributed by atoms with E-state index in [0.717, 1.165) is 47.2 Å². The molecule has 0 radical (unpaired) electrons. The molecule has 3 heterocycles. The summed E-state index contributed by atoms with van der Waals surface area (Å²) < 4.78 is 12.6. The van der Waals surface area contributed by atoms with E-state index < -0.39 is 50.1 Å². The molecule has 2 aliphatic heterocycles.